The number of hydrogen-bond donors (Lipinski definition) is 0. The van der Waals surface area contributed by atoms with Crippen molar-refractivity contribution in [3.63, 3.8) is 0 Å². The molecule has 7 nitrogen and oxygen atoms in total. The van der Waals surface area contributed by atoms with Crippen molar-refractivity contribution in [3.05, 3.63) is 41.5 Å². The first-order chi connectivity index (χ1) is 14.7. The minimum atomic E-state index is -0.359. The Morgan fingerprint density at radius 1 is 0.800 bits per heavy atom. The second kappa shape index (κ2) is 7.02. The highest BCUT2D eigenvalue weighted by Crippen LogP contribution is 2.49. The maximum atomic E-state index is 12.4. The fourth-order valence-corrected chi connectivity index (χ4v) is 4.13. The molecule has 3 aromatic rings. The van der Waals surface area contributed by atoms with Crippen LogP contribution in [0.2, 0.25) is 0 Å². The molecule has 2 heterocycles. The molecule has 0 atom stereocenters. The molecule has 0 saturated heterocycles. The smallest absolute Gasteiger partial charge is 0.338 e. The second-order valence-corrected chi connectivity index (χ2v) is 6.95. The summed E-state index contributed by atoms with van der Waals surface area (Å²) in [6, 6.07) is 9.45. The molecule has 0 bridgehead atoms. The van der Waals surface area contributed by atoms with Gasteiger partial charge in [0.1, 0.15) is 19.8 Å². The molecular formula is C23H20O7. The van der Waals surface area contributed by atoms with Crippen molar-refractivity contribution >= 4 is 16.7 Å². The Kier molecular flexibility index (Phi) is 4.31. The van der Waals surface area contributed by atoms with Gasteiger partial charge in [-0.25, -0.2) is 4.79 Å². The molecule has 0 unspecified atom stereocenters. The van der Waals surface area contributed by atoms with Crippen LogP contribution in [0.4, 0.5) is 0 Å². The third-order valence-corrected chi connectivity index (χ3v) is 5.45. The van der Waals surface area contributed by atoms with Gasteiger partial charge in [0.05, 0.1) is 26.9 Å². The summed E-state index contributed by atoms with van der Waals surface area (Å²) < 4.78 is 33.5. The topological polar surface area (TPSA) is 72.5 Å². The zero-order valence-electron chi connectivity index (χ0n) is 16.9. The minimum absolute atomic E-state index is 0.199. The third kappa shape index (κ3) is 2.62. The molecule has 0 radical (unpaired) electrons. The molecule has 0 saturated carbocycles. The molecule has 7 heteroatoms. The number of methoxy groups -OCH3 is 3. The number of cyclic esters (lactones) is 1. The lowest BCUT2D eigenvalue weighted by Crippen LogP contribution is -2.15. The lowest BCUT2D eigenvalue weighted by Gasteiger charge is -2.21. The van der Waals surface area contributed by atoms with Crippen molar-refractivity contribution in [1.29, 1.82) is 0 Å². The fraction of sp³-hybridized carbons (Fsp3) is 0.261. The first kappa shape index (κ1) is 18.4. The maximum Gasteiger partial charge on any atom is 0.338 e. The summed E-state index contributed by atoms with van der Waals surface area (Å²) in [6.07, 6.45) is 0. The number of esters is 1. The van der Waals surface area contributed by atoms with Gasteiger partial charge in [-0.05, 0) is 40.8 Å². The number of fused-ring (bicyclic) bond motifs is 3. The molecule has 0 spiro atoms. The largest absolute Gasteiger partial charge is 0.493 e. The Bertz CT molecular complexity index is 1180. The molecule has 2 aliphatic heterocycles. The monoisotopic (exact) mass is 408 g/mol. The van der Waals surface area contributed by atoms with Crippen LogP contribution in [0.15, 0.2) is 30.3 Å². The van der Waals surface area contributed by atoms with E-state index in [2.05, 4.69) is 0 Å². The molecule has 0 amide bonds. The quantitative estimate of drug-likeness (QED) is 0.605. The number of benzene rings is 3. The Morgan fingerprint density at radius 2 is 1.57 bits per heavy atom. The number of carbonyl (C=O) groups excluding carboxylic acids is 1. The molecule has 154 valence electrons. The Hall–Kier alpha value is -3.61. The highest BCUT2D eigenvalue weighted by Gasteiger charge is 2.30. The number of rotatable bonds is 4. The Labute approximate surface area is 173 Å². The van der Waals surface area contributed by atoms with Crippen LogP contribution in [0.3, 0.4) is 0 Å². The molecule has 0 fully saturated rings. The van der Waals surface area contributed by atoms with Gasteiger partial charge in [-0.3, -0.25) is 0 Å². The average molecular weight is 408 g/mol. The van der Waals surface area contributed by atoms with Crippen LogP contribution >= 0.6 is 0 Å². The van der Waals surface area contributed by atoms with E-state index < -0.39 is 0 Å². The molecule has 0 aliphatic carbocycles. The summed E-state index contributed by atoms with van der Waals surface area (Å²) in [5, 5.41) is 1.59. The highest BCUT2D eigenvalue weighted by atomic mass is 16.6. The van der Waals surface area contributed by atoms with Gasteiger partial charge in [-0.2, -0.15) is 0 Å². The number of hydrogen-bond acceptors (Lipinski definition) is 7. The molecule has 30 heavy (non-hydrogen) atoms. The second-order valence-electron chi connectivity index (χ2n) is 6.95. The van der Waals surface area contributed by atoms with Crippen molar-refractivity contribution < 1.29 is 33.2 Å². The summed E-state index contributed by atoms with van der Waals surface area (Å²) in [5.74, 6) is 2.50. The molecule has 2 aliphatic rings. The maximum absolute atomic E-state index is 12.4. The molecule has 3 aromatic carbocycles. The normalized spacial score (nSPS) is 14.3. The summed E-state index contributed by atoms with van der Waals surface area (Å²) in [4.78, 5) is 12.4. The standard InChI is InChI=1S/C23H20O7/c1-25-19-10-13-14(21(26-2)22(19)27-3)9-15-16(11-30-23(15)24)20(13)12-4-5-17-18(8-12)29-7-6-28-17/h4-5,8-10H,6-7,11H2,1-3H3. The van der Waals surface area contributed by atoms with E-state index in [4.69, 9.17) is 28.4 Å². The van der Waals surface area contributed by atoms with E-state index in [-0.39, 0.29) is 12.6 Å². The van der Waals surface area contributed by atoms with Crippen LogP contribution in [-0.4, -0.2) is 40.5 Å². The predicted molar refractivity (Wildman–Crippen MR) is 109 cm³/mol. The van der Waals surface area contributed by atoms with Gasteiger partial charge in [0.2, 0.25) is 5.75 Å². The van der Waals surface area contributed by atoms with Gasteiger partial charge < -0.3 is 28.4 Å². The molecule has 0 N–H and O–H groups in total. The van der Waals surface area contributed by atoms with Crippen molar-refractivity contribution in [3.8, 4) is 39.9 Å². The first-order valence-corrected chi connectivity index (χ1v) is 9.52. The lowest BCUT2D eigenvalue weighted by atomic mass is 9.89. The average Bonchev–Trinajstić information content (AvgIpc) is 3.15. The van der Waals surface area contributed by atoms with E-state index in [0.29, 0.717) is 47.5 Å². The van der Waals surface area contributed by atoms with Crippen molar-refractivity contribution in [1.82, 2.24) is 0 Å². The minimum Gasteiger partial charge on any atom is -0.493 e. The van der Waals surface area contributed by atoms with E-state index in [1.54, 1.807) is 27.4 Å². The van der Waals surface area contributed by atoms with Crippen LogP contribution < -0.4 is 23.7 Å². The molecule has 0 aromatic heterocycles. The highest BCUT2D eigenvalue weighted by molar-refractivity contribution is 6.10. The zero-order chi connectivity index (χ0) is 20.8. The Morgan fingerprint density at radius 3 is 2.30 bits per heavy atom. The summed E-state index contributed by atoms with van der Waals surface area (Å²) in [7, 11) is 4.69. The fourth-order valence-electron chi connectivity index (χ4n) is 4.13. The third-order valence-electron chi connectivity index (χ3n) is 5.45. The zero-order valence-corrected chi connectivity index (χ0v) is 16.9. The van der Waals surface area contributed by atoms with Gasteiger partial charge in [-0.15, -0.1) is 0 Å². The summed E-state index contributed by atoms with van der Waals surface area (Å²) >= 11 is 0. The number of carbonyl (C=O) groups is 1. The number of ether oxygens (including phenoxy) is 6. The summed E-state index contributed by atoms with van der Waals surface area (Å²) in [6.45, 7) is 1.21. The van der Waals surface area contributed by atoms with Crippen molar-refractivity contribution in [2.45, 2.75) is 6.61 Å². The van der Waals surface area contributed by atoms with Crippen LogP contribution in [0.25, 0.3) is 21.9 Å². The van der Waals surface area contributed by atoms with Gasteiger partial charge in [0.15, 0.2) is 23.0 Å². The van der Waals surface area contributed by atoms with Gasteiger partial charge >= 0.3 is 5.97 Å². The Balaban J connectivity index is 1.88. The van der Waals surface area contributed by atoms with Gasteiger partial charge in [-0.1, -0.05) is 6.07 Å². The first-order valence-electron chi connectivity index (χ1n) is 9.52. The van der Waals surface area contributed by atoms with E-state index in [0.717, 1.165) is 27.5 Å². The lowest BCUT2D eigenvalue weighted by molar-refractivity contribution is 0.0535. The van der Waals surface area contributed by atoms with Crippen molar-refractivity contribution in [2.75, 3.05) is 34.5 Å². The summed E-state index contributed by atoms with van der Waals surface area (Å²) in [5.41, 5.74) is 3.08. The van der Waals surface area contributed by atoms with Gasteiger partial charge in [0.25, 0.3) is 0 Å². The van der Waals surface area contributed by atoms with Crippen molar-refractivity contribution in [2.24, 2.45) is 0 Å². The van der Waals surface area contributed by atoms with Gasteiger partial charge in [0, 0.05) is 10.9 Å². The van der Waals surface area contributed by atoms with E-state index in [1.165, 1.54) is 0 Å². The molecule has 5 rings (SSSR count). The van der Waals surface area contributed by atoms with Crippen LogP contribution in [0.1, 0.15) is 15.9 Å². The van der Waals surface area contributed by atoms with Crippen LogP contribution in [0, 0.1) is 0 Å². The van der Waals surface area contributed by atoms with Crippen LogP contribution in [0.5, 0.6) is 28.7 Å². The van der Waals surface area contributed by atoms with E-state index in [9.17, 15) is 4.79 Å². The predicted octanol–water partition coefficient (Wildman–Crippen LogP) is 3.97. The van der Waals surface area contributed by atoms with E-state index >= 15 is 0 Å². The molecular weight excluding hydrogens is 388 g/mol. The van der Waals surface area contributed by atoms with Crippen LogP contribution in [-0.2, 0) is 11.3 Å². The van der Waals surface area contributed by atoms with E-state index in [1.807, 2.05) is 24.3 Å². The SMILES string of the molecule is COc1cc2c(-c3ccc4c(c3)OCCO4)c3c(cc2c(OC)c1OC)C(=O)OC3.